The van der Waals surface area contributed by atoms with Crippen LogP contribution in [-0.4, -0.2) is 20.4 Å². The zero-order valence-electron chi connectivity index (χ0n) is 12.2. The van der Waals surface area contributed by atoms with Crippen molar-refractivity contribution in [3.05, 3.63) is 67.4 Å². The van der Waals surface area contributed by atoms with Crippen LogP contribution >= 0.6 is 34.8 Å². The summed E-state index contributed by atoms with van der Waals surface area (Å²) in [5, 5.41) is 10.7. The maximum Gasteiger partial charge on any atom is 0.325 e. The van der Waals surface area contributed by atoms with Gasteiger partial charge in [0.1, 0.15) is 6.54 Å². The highest BCUT2D eigenvalue weighted by atomic mass is 35.5. The van der Waals surface area contributed by atoms with E-state index in [0.717, 1.165) is 5.56 Å². The molecule has 0 aliphatic rings. The standard InChI is InChI=1S/C16H11Cl3N2O3/c17-10-2-4-14-11(6-10)16(24)21(20(14)8-15(22)23)7-9-1-3-12(18)13(19)5-9/h1-6H,7-8H2,(H,22,23). The lowest BCUT2D eigenvalue weighted by Gasteiger charge is -2.11. The molecule has 0 saturated heterocycles. The zero-order chi connectivity index (χ0) is 17.4. The number of carboxylic acids is 1. The van der Waals surface area contributed by atoms with Crippen molar-refractivity contribution < 1.29 is 9.90 Å². The smallest absolute Gasteiger partial charge is 0.325 e. The van der Waals surface area contributed by atoms with Gasteiger partial charge in [0.15, 0.2) is 0 Å². The lowest BCUT2D eigenvalue weighted by atomic mass is 10.2. The molecule has 24 heavy (non-hydrogen) atoms. The molecular formula is C16H11Cl3N2O3. The first-order valence-corrected chi connectivity index (χ1v) is 8.05. The molecule has 0 unspecified atom stereocenters. The van der Waals surface area contributed by atoms with Gasteiger partial charge in [-0.2, -0.15) is 0 Å². The van der Waals surface area contributed by atoms with Gasteiger partial charge in [-0.15, -0.1) is 0 Å². The average molecular weight is 386 g/mol. The number of rotatable bonds is 4. The number of nitrogens with zero attached hydrogens (tertiary/aromatic N) is 2. The fourth-order valence-corrected chi connectivity index (χ4v) is 3.04. The maximum atomic E-state index is 12.7. The summed E-state index contributed by atoms with van der Waals surface area (Å²) >= 11 is 17.9. The largest absolute Gasteiger partial charge is 0.480 e. The number of benzene rings is 2. The number of fused-ring (bicyclic) bond motifs is 1. The summed E-state index contributed by atoms with van der Waals surface area (Å²) in [5.74, 6) is -1.05. The molecule has 1 heterocycles. The van der Waals surface area contributed by atoms with Gasteiger partial charge in [0, 0.05) is 5.02 Å². The number of aliphatic carboxylic acids is 1. The Bertz CT molecular complexity index is 1010. The van der Waals surface area contributed by atoms with Gasteiger partial charge in [0.2, 0.25) is 0 Å². The summed E-state index contributed by atoms with van der Waals surface area (Å²) in [6, 6.07) is 9.79. The fraction of sp³-hybridized carbons (Fsp3) is 0.125. The van der Waals surface area contributed by atoms with Crippen LogP contribution in [0, 0.1) is 0 Å². The quantitative estimate of drug-likeness (QED) is 0.741. The third-order valence-corrected chi connectivity index (χ3v) is 4.57. The summed E-state index contributed by atoms with van der Waals surface area (Å²) in [7, 11) is 0. The summed E-state index contributed by atoms with van der Waals surface area (Å²) in [4.78, 5) is 23.9. The Morgan fingerprint density at radius 2 is 1.75 bits per heavy atom. The van der Waals surface area contributed by atoms with Crippen LogP contribution in [-0.2, 0) is 17.9 Å². The zero-order valence-corrected chi connectivity index (χ0v) is 14.4. The molecule has 2 aromatic carbocycles. The van der Waals surface area contributed by atoms with E-state index in [-0.39, 0.29) is 18.6 Å². The van der Waals surface area contributed by atoms with E-state index < -0.39 is 5.97 Å². The molecule has 0 fully saturated rings. The van der Waals surface area contributed by atoms with Crippen LogP contribution < -0.4 is 5.56 Å². The van der Waals surface area contributed by atoms with Gasteiger partial charge in [0.05, 0.1) is 27.5 Å². The van der Waals surface area contributed by atoms with Gasteiger partial charge in [-0.25, -0.2) is 4.68 Å². The number of carboxylic acid groups (broad SMARTS) is 1. The maximum absolute atomic E-state index is 12.7. The summed E-state index contributed by atoms with van der Waals surface area (Å²) < 4.78 is 2.77. The number of hydrogen-bond acceptors (Lipinski definition) is 2. The van der Waals surface area contributed by atoms with Crippen LogP contribution in [0.15, 0.2) is 41.2 Å². The molecule has 0 amide bonds. The summed E-state index contributed by atoms with van der Waals surface area (Å²) in [5.41, 5.74) is 0.915. The third-order valence-electron chi connectivity index (χ3n) is 3.59. The SMILES string of the molecule is O=C(O)Cn1c2ccc(Cl)cc2c(=O)n1Cc1ccc(Cl)c(Cl)c1. The van der Waals surface area contributed by atoms with Crippen molar-refractivity contribution in [3.63, 3.8) is 0 Å². The molecule has 0 bridgehead atoms. The molecule has 0 aliphatic carbocycles. The third kappa shape index (κ3) is 3.15. The van der Waals surface area contributed by atoms with Crippen LogP contribution in [0.25, 0.3) is 10.9 Å². The van der Waals surface area contributed by atoms with Gasteiger partial charge in [-0.1, -0.05) is 40.9 Å². The fourth-order valence-electron chi connectivity index (χ4n) is 2.55. The Morgan fingerprint density at radius 3 is 2.42 bits per heavy atom. The van der Waals surface area contributed by atoms with E-state index in [1.807, 2.05) is 0 Å². The number of halogens is 3. The van der Waals surface area contributed by atoms with Crippen molar-refractivity contribution in [3.8, 4) is 0 Å². The van der Waals surface area contributed by atoms with E-state index in [1.165, 1.54) is 15.4 Å². The van der Waals surface area contributed by atoms with E-state index in [1.54, 1.807) is 30.3 Å². The van der Waals surface area contributed by atoms with Crippen molar-refractivity contribution >= 4 is 51.7 Å². The molecule has 1 N–H and O–H groups in total. The highest BCUT2D eigenvalue weighted by Crippen LogP contribution is 2.23. The van der Waals surface area contributed by atoms with Crippen LogP contribution in [0.3, 0.4) is 0 Å². The van der Waals surface area contributed by atoms with Crippen molar-refractivity contribution in [2.24, 2.45) is 0 Å². The van der Waals surface area contributed by atoms with Crippen molar-refractivity contribution in [1.82, 2.24) is 9.36 Å². The molecule has 0 saturated carbocycles. The van der Waals surface area contributed by atoms with Gasteiger partial charge >= 0.3 is 5.97 Å². The second-order valence-electron chi connectivity index (χ2n) is 5.22. The van der Waals surface area contributed by atoms with Crippen molar-refractivity contribution in [1.29, 1.82) is 0 Å². The van der Waals surface area contributed by atoms with E-state index >= 15 is 0 Å². The minimum Gasteiger partial charge on any atom is -0.480 e. The predicted molar refractivity (Wildman–Crippen MR) is 94.4 cm³/mol. The molecule has 0 atom stereocenters. The Hall–Kier alpha value is -1.95. The number of carbonyl (C=O) groups is 1. The van der Waals surface area contributed by atoms with E-state index in [2.05, 4.69) is 0 Å². The monoisotopic (exact) mass is 384 g/mol. The highest BCUT2D eigenvalue weighted by molar-refractivity contribution is 6.42. The summed E-state index contributed by atoms with van der Waals surface area (Å²) in [6.45, 7) is -0.184. The van der Waals surface area contributed by atoms with Crippen LogP contribution in [0.1, 0.15) is 5.56 Å². The first kappa shape index (κ1) is 16.9. The lowest BCUT2D eigenvalue weighted by Crippen LogP contribution is -2.26. The molecule has 1 aromatic heterocycles. The van der Waals surface area contributed by atoms with E-state index in [0.29, 0.717) is 26.0 Å². The van der Waals surface area contributed by atoms with Crippen LogP contribution in [0.4, 0.5) is 0 Å². The molecule has 124 valence electrons. The average Bonchev–Trinajstić information content (AvgIpc) is 2.76. The second kappa shape index (κ2) is 6.51. The van der Waals surface area contributed by atoms with Gasteiger partial charge < -0.3 is 5.11 Å². The molecule has 8 heteroatoms. The van der Waals surface area contributed by atoms with Crippen LogP contribution in [0.5, 0.6) is 0 Å². The molecule has 0 aliphatic heterocycles. The van der Waals surface area contributed by atoms with Gasteiger partial charge in [0.25, 0.3) is 5.56 Å². The molecule has 3 rings (SSSR count). The number of hydrogen-bond donors (Lipinski definition) is 1. The van der Waals surface area contributed by atoms with Crippen molar-refractivity contribution in [2.75, 3.05) is 0 Å². The number of aromatic nitrogens is 2. The Kier molecular flexibility index (Phi) is 4.58. The molecule has 0 spiro atoms. The van der Waals surface area contributed by atoms with E-state index in [4.69, 9.17) is 39.9 Å². The molecule has 5 nitrogen and oxygen atoms in total. The summed E-state index contributed by atoms with van der Waals surface area (Å²) in [6.07, 6.45) is 0. The minimum atomic E-state index is -1.05. The van der Waals surface area contributed by atoms with Crippen LogP contribution in [0.2, 0.25) is 15.1 Å². The molecule has 3 aromatic rings. The van der Waals surface area contributed by atoms with Gasteiger partial charge in [-0.05, 0) is 35.9 Å². The minimum absolute atomic E-state index is 0.162. The Balaban J connectivity index is 2.17. The normalized spacial score (nSPS) is 11.1. The Morgan fingerprint density at radius 1 is 1.00 bits per heavy atom. The predicted octanol–water partition coefficient (Wildman–Crippen LogP) is 3.90. The molecular weight excluding hydrogens is 375 g/mol. The Labute approximate surface area is 151 Å². The topological polar surface area (TPSA) is 64.2 Å². The molecule has 0 radical (unpaired) electrons. The first-order chi connectivity index (χ1) is 11.4. The van der Waals surface area contributed by atoms with Crippen molar-refractivity contribution in [2.45, 2.75) is 13.1 Å². The first-order valence-electron chi connectivity index (χ1n) is 6.91. The van der Waals surface area contributed by atoms with Gasteiger partial charge in [-0.3, -0.25) is 14.3 Å². The van der Waals surface area contributed by atoms with E-state index in [9.17, 15) is 9.59 Å². The lowest BCUT2D eigenvalue weighted by molar-refractivity contribution is -0.138. The highest BCUT2D eigenvalue weighted by Gasteiger charge is 2.16. The second-order valence-corrected chi connectivity index (χ2v) is 6.47.